The van der Waals surface area contributed by atoms with Crippen molar-refractivity contribution in [1.82, 2.24) is 14.4 Å². The molecule has 2 aromatic rings. The van der Waals surface area contributed by atoms with Gasteiger partial charge in [-0.2, -0.15) is 0 Å². The molecule has 0 amide bonds. The Balaban J connectivity index is 2.78. The third kappa shape index (κ3) is 0.964. The monoisotopic (exact) mass is 182 g/mol. The van der Waals surface area contributed by atoms with E-state index in [4.69, 9.17) is 17.3 Å². The Hall–Kier alpha value is -1.13. The zero-order valence-corrected chi connectivity index (χ0v) is 6.99. The molecule has 0 atom stereocenters. The SMILES string of the molecule is NCc1nc2cnccn2c1Cl. The van der Waals surface area contributed by atoms with Gasteiger partial charge in [-0.3, -0.25) is 9.38 Å². The van der Waals surface area contributed by atoms with E-state index in [-0.39, 0.29) is 0 Å². The van der Waals surface area contributed by atoms with Crippen LogP contribution in [0, 0.1) is 0 Å². The van der Waals surface area contributed by atoms with Crippen LogP contribution in [0.25, 0.3) is 5.65 Å². The minimum atomic E-state index is 0.348. The summed E-state index contributed by atoms with van der Waals surface area (Å²) >= 11 is 5.95. The van der Waals surface area contributed by atoms with E-state index < -0.39 is 0 Å². The molecule has 2 aromatic heterocycles. The van der Waals surface area contributed by atoms with Gasteiger partial charge in [0.2, 0.25) is 0 Å². The fraction of sp³-hybridized carbons (Fsp3) is 0.143. The van der Waals surface area contributed by atoms with Crippen LogP contribution in [0.3, 0.4) is 0 Å². The average molecular weight is 183 g/mol. The molecular weight excluding hydrogens is 176 g/mol. The first kappa shape index (κ1) is 7.52. The van der Waals surface area contributed by atoms with Crippen molar-refractivity contribution in [3.8, 4) is 0 Å². The molecule has 12 heavy (non-hydrogen) atoms. The average Bonchev–Trinajstić information content (AvgIpc) is 2.44. The summed E-state index contributed by atoms with van der Waals surface area (Å²) in [5.74, 6) is 0. The number of hydrogen-bond donors (Lipinski definition) is 1. The van der Waals surface area contributed by atoms with Crippen LogP contribution in [-0.4, -0.2) is 14.4 Å². The standard InChI is InChI=1S/C7H7ClN4/c8-7-5(3-9)11-6-4-10-1-2-12(6)7/h1-2,4H,3,9H2. The summed E-state index contributed by atoms with van der Waals surface area (Å²) in [6, 6.07) is 0. The van der Waals surface area contributed by atoms with Gasteiger partial charge in [-0.1, -0.05) is 11.6 Å². The van der Waals surface area contributed by atoms with Crippen LogP contribution in [0.1, 0.15) is 5.69 Å². The fourth-order valence-corrected chi connectivity index (χ4v) is 1.32. The summed E-state index contributed by atoms with van der Waals surface area (Å²) in [5.41, 5.74) is 6.86. The van der Waals surface area contributed by atoms with Crippen LogP contribution in [-0.2, 0) is 6.54 Å². The van der Waals surface area contributed by atoms with E-state index >= 15 is 0 Å². The van der Waals surface area contributed by atoms with Crippen LogP contribution in [0.4, 0.5) is 0 Å². The van der Waals surface area contributed by atoms with E-state index in [1.807, 2.05) is 0 Å². The van der Waals surface area contributed by atoms with Crippen LogP contribution < -0.4 is 5.73 Å². The lowest BCUT2D eigenvalue weighted by Crippen LogP contribution is -1.96. The molecule has 0 bridgehead atoms. The Morgan fingerprint density at radius 2 is 2.42 bits per heavy atom. The summed E-state index contributed by atoms with van der Waals surface area (Å²) < 4.78 is 1.75. The second-order valence-corrected chi connectivity index (χ2v) is 2.72. The van der Waals surface area contributed by atoms with Gasteiger partial charge in [0, 0.05) is 18.9 Å². The van der Waals surface area contributed by atoms with Crippen molar-refractivity contribution in [3.05, 3.63) is 29.4 Å². The van der Waals surface area contributed by atoms with Gasteiger partial charge in [-0.25, -0.2) is 4.98 Å². The zero-order valence-electron chi connectivity index (χ0n) is 6.24. The highest BCUT2D eigenvalue weighted by Gasteiger charge is 2.06. The maximum absolute atomic E-state index is 5.95. The summed E-state index contributed by atoms with van der Waals surface area (Å²) in [5, 5.41) is 0.565. The Morgan fingerprint density at radius 3 is 3.08 bits per heavy atom. The molecule has 0 unspecified atom stereocenters. The molecule has 0 fully saturated rings. The minimum Gasteiger partial charge on any atom is -0.325 e. The van der Waals surface area contributed by atoms with Crippen LogP contribution in [0.2, 0.25) is 5.15 Å². The van der Waals surface area contributed by atoms with E-state index in [9.17, 15) is 0 Å². The molecule has 2 rings (SSSR count). The van der Waals surface area contributed by atoms with Crippen molar-refractivity contribution in [2.75, 3.05) is 0 Å². The molecule has 0 radical (unpaired) electrons. The first-order valence-corrected chi connectivity index (χ1v) is 3.87. The summed E-state index contributed by atoms with van der Waals surface area (Å²) in [7, 11) is 0. The molecule has 4 nitrogen and oxygen atoms in total. The number of nitrogens with zero attached hydrogens (tertiary/aromatic N) is 3. The molecule has 0 saturated heterocycles. The third-order valence-corrected chi connectivity index (χ3v) is 2.03. The van der Waals surface area contributed by atoms with Crippen molar-refractivity contribution in [2.24, 2.45) is 5.73 Å². The first-order chi connectivity index (χ1) is 5.83. The number of rotatable bonds is 1. The number of nitrogens with two attached hydrogens (primary N) is 1. The molecule has 2 heterocycles. The van der Waals surface area contributed by atoms with E-state index in [0.717, 1.165) is 5.65 Å². The van der Waals surface area contributed by atoms with Gasteiger partial charge in [-0.05, 0) is 0 Å². The maximum atomic E-state index is 5.95. The minimum absolute atomic E-state index is 0.348. The lowest BCUT2D eigenvalue weighted by atomic mass is 10.5. The van der Waals surface area contributed by atoms with Crippen LogP contribution in [0.5, 0.6) is 0 Å². The second-order valence-electron chi connectivity index (χ2n) is 2.36. The van der Waals surface area contributed by atoms with Crippen molar-refractivity contribution in [2.45, 2.75) is 6.54 Å². The number of fused-ring (bicyclic) bond motifs is 1. The molecule has 0 aliphatic rings. The van der Waals surface area contributed by atoms with Crippen molar-refractivity contribution in [3.63, 3.8) is 0 Å². The van der Waals surface area contributed by atoms with Crippen molar-refractivity contribution in [1.29, 1.82) is 0 Å². The predicted molar refractivity (Wildman–Crippen MR) is 45.9 cm³/mol. The molecule has 0 aliphatic carbocycles. The second kappa shape index (κ2) is 2.73. The van der Waals surface area contributed by atoms with Crippen molar-refractivity contribution >= 4 is 17.2 Å². The predicted octanol–water partition coefficient (Wildman–Crippen LogP) is 0.841. The number of halogens is 1. The van der Waals surface area contributed by atoms with Crippen molar-refractivity contribution < 1.29 is 0 Å². The fourth-order valence-electron chi connectivity index (χ4n) is 1.06. The largest absolute Gasteiger partial charge is 0.325 e. The van der Waals surface area contributed by atoms with Gasteiger partial charge in [0.15, 0.2) is 5.65 Å². The highest BCUT2D eigenvalue weighted by Crippen LogP contribution is 2.16. The van der Waals surface area contributed by atoms with Gasteiger partial charge in [0.05, 0.1) is 11.9 Å². The lowest BCUT2D eigenvalue weighted by Gasteiger charge is -1.91. The first-order valence-electron chi connectivity index (χ1n) is 3.49. The van der Waals surface area contributed by atoms with Gasteiger partial charge in [0.1, 0.15) is 5.15 Å². The molecule has 5 heteroatoms. The van der Waals surface area contributed by atoms with E-state index in [0.29, 0.717) is 17.4 Å². The molecule has 0 spiro atoms. The van der Waals surface area contributed by atoms with E-state index in [2.05, 4.69) is 9.97 Å². The highest BCUT2D eigenvalue weighted by atomic mass is 35.5. The van der Waals surface area contributed by atoms with Gasteiger partial charge in [0.25, 0.3) is 0 Å². The van der Waals surface area contributed by atoms with Crippen LogP contribution >= 0.6 is 11.6 Å². The Morgan fingerprint density at radius 1 is 1.58 bits per heavy atom. The quantitative estimate of drug-likeness (QED) is 0.711. The summed E-state index contributed by atoms with van der Waals surface area (Å²) in [4.78, 5) is 8.09. The molecule has 62 valence electrons. The van der Waals surface area contributed by atoms with Gasteiger partial charge in [-0.15, -0.1) is 0 Å². The Kier molecular flexibility index (Phi) is 1.71. The third-order valence-electron chi connectivity index (χ3n) is 1.63. The topological polar surface area (TPSA) is 56.2 Å². The normalized spacial score (nSPS) is 10.8. The maximum Gasteiger partial charge on any atom is 0.156 e. The highest BCUT2D eigenvalue weighted by molar-refractivity contribution is 6.30. The molecule has 2 N–H and O–H groups in total. The van der Waals surface area contributed by atoms with E-state index in [1.165, 1.54) is 0 Å². The molecule has 0 saturated carbocycles. The van der Waals surface area contributed by atoms with Gasteiger partial charge >= 0.3 is 0 Å². The smallest absolute Gasteiger partial charge is 0.156 e. The molecule has 0 aromatic carbocycles. The zero-order chi connectivity index (χ0) is 8.55. The van der Waals surface area contributed by atoms with E-state index in [1.54, 1.807) is 23.0 Å². The summed E-state index contributed by atoms with van der Waals surface area (Å²) in [6.45, 7) is 0.348. The molecular formula is C7H7ClN4. The number of imidazole rings is 1. The summed E-state index contributed by atoms with van der Waals surface area (Å²) in [6.07, 6.45) is 5.05. The van der Waals surface area contributed by atoms with Gasteiger partial charge < -0.3 is 5.73 Å². The van der Waals surface area contributed by atoms with Crippen LogP contribution in [0.15, 0.2) is 18.6 Å². The molecule has 0 aliphatic heterocycles. The number of hydrogen-bond acceptors (Lipinski definition) is 3. The lowest BCUT2D eigenvalue weighted by molar-refractivity contribution is 1.02. The number of aromatic nitrogens is 3. The Labute approximate surface area is 74.0 Å². The Bertz CT molecular complexity index is 409.